The summed E-state index contributed by atoms with van der Waals surface area (Å²) < 4.78 is 52.2. The monoisotopic (exact) mass is 651 g/mol. The van der Waals surface area contributed by atoms with Crippen LogP contribution in [0.25, 0.3) is 0 Å². The molecule has 0 aromatic heterocycles. The number of thiocarbonyl (C=S) groups is 1. The van der Waals surface area contributed by atoms with Gasteiger partial charge in [0.05, 0.1) is 27.9 Å². The number of ether oxygens (including phenoxy) is 2. The van der Waals surface area contributed by atoms with Crippen LogP contribution in [0.5, 0.6) is 5.75 Å². The highest BCUT2D eigenvalue weighted by Crippen LogP contribution is 2.41. The molecule has 2 saturated heterocycles. The number of nitrogens with zero attached hydrogens (tertiary/aromatic N) is 5. The third kappa shape index (κ3) is 7.03. The van der Waals surface area contributed by atoms with Crippen molar-refractivity contribution in [1.82, 2.24) is 9.80 Å². The molecule has 0 bridgehead atoms. The van der Waals surface area contributed by atoms with E-state index >= 15 is 0 Å². The van der Waals surface area contributed by atoms with Crippen molar-refractivity contribution >= 4 is 52.3 Å². The Hall–Kier alpha value is -3.60. The van der Waals surface area contributed by atoms with Crippen molar-refractivity contribution in [2.45, 2.75) is 51.9 Å². The summed E-state index contributed by atoms with van der Waals surface area (Å²) in [4.78, 5) is 32.2. The van der Waals surface area contributed by atoms with Gasteiger partial charge in [-0.15, -0.1) is 0 Å². The Balaban J connectivity index is 1.42. The molecule has 2 aliphatic heterocycles. The van der Waals surface area contributed by atoms with Crippen LogP contribution in [0.15, 0.2) is 36.4 Å². The molecule has 0 unspecified atom stereocenters. The molecule has 236 valence electrons. The van der Waals surface area contributed by atoms with Gasteiger partial charge < -0.3 is 19.3 Å². The normalized spacial score (nSPS) is 17.6. The molecule has 0 aliphatic carbocycles. The first-order chi connectivity index (χ1) is 20.4. The number of hydrogen-bond donors (Lipinski definition) is 0. The number of alkyl halides is 3. The summed E-state index contributed by atoms with van der Waals surface area (Å²) in [6.45, 7) is 12.1. The number of rotatable bonds is 6. The zero-order valence-corrected chi connectivity index (χ0v) is 26.6. The van der Waals surface area contributed by atoms with Crippen molar-refractivity contribution in [3.8, 4) is 11.8 Å². The molecule has 4 rings (SSSR count). The molecule has 9 nitrogen and oxygen atoms in total. The predicted octanol–water partition coefficient (Wildman–Crippen LogP) is 6.08. The fraction of sp³-hybridized carbons (Fsp3) is 0.467. The van der Waals surface area contributed by atoms with Crippen molar-refractivity contribution in [3.05, 3.63) is 52.5 Å². The third-order valence-electron chi connectivity index (χ3n) is 7.22. The Labute approximate surface area is 264 Å². The molecule has 2 fully saturated rings. The van der Waals surface area contributed by atoms with Crippen LogP contribution in [-0.2, 0) is 15.7 Å². The second-order valence-electron chi connectivity index (χ2n) is 11.9. The number of anilines is 2. The lowest BCUT2D eigenvalue weighted by Crippen LogP contribution is -2.50. The average Bonchev–Trinajstić information content (AvgIpc) is 3.11. The molecular formula is C30H33ClF3N5O4S. The van der Waals surface area contributed by atoms with Gasteiger partial charge in [-0.2, -0.15) is 18.4 Å². The summed E-state index contributed by atoms with van der Waals surface area (Å²) in [7, 11) is 0. The van der Waals surface area contributed by atoms with Gasteiger partial charge in [0, 0.05) is 38.4 Å². The van der Waals surface area contributed by atoms with Crippen LogP contribution in [0.4, 0.5) is 29.3 Å². The minimum atomic E-state index is -4.79. The molecule has 2 amide bonds. The minimum absolute atomic E-state index is 0.0342. The molecule has 0 radical (unpaired) electrons. The van der Waals surface area contributed by atoms with E-state index in [0.29, 0.717) is 50.8 Å². The van der Waals surface area contributed by atoms with Crippen LogP contribution >= 0.6 is 23.8 Å². The first-order valence-electron chi connectivity index (χ1n) is 13.9. The lowest BCUT2D eigenvalue weighted by Gasteiger charge is -2.35. The molecule has 2 aromatic rings. The molecular weight excluding hydrogens is 619 g/mol. The van der Waals surface area contributed by atoms with E-state index in [4.69, 9.17) is 38.6 Å². The minimum Gasteiger partial charge on any atom is -0.491 e. The maximum atomic E-state index is 13.6. The molecule has 0 spiro atoms. The van der Waals surface area contributed by atoms with Gasteiger partial charge in [-0.3, -0.25) is 14.6 Å². The van der Waals surface area contributed by atoms with Crippen LogP contribution in [0.1, 0.15) is 45.7 Å². The van der Waals surface area contributed by atoms with Crippen molar-refractivity contribution in [1.29, 1.82) is 5.26 Å². The Bertz CT molecular complexity index is 1500. The molecule has 2 aromatic carbocycles. The van der Waals surface area contributed by atoms with Gasteiger partial charge in [-0.05, 0) is 83.2 Å². The standard InChI is InChI=1S/C30H33ClF3N5O4S/c1-28(2,3)43-27(41)37-12-10-36(11-13-37)14-15-42-24-9-8-21(17-23(24)31)39-26(44)38(25(40)29(39,4)5)20-7-6-19(18-35)22(16-20)30(32,33)34/h6-9,16-17H,10-15H2,1-5H3. The molecule has 2 heterocycles. The zero-order valence-electron chi connectivity index (χ0n) is 25.0. The van der Waals surface area contributed by atoms with Gasteiger partial charge in [0.25, 0.3) is 5.91 Å². The Kier molecular flexibility index (Phi) is 9.40. The molecule has 0 atom stereocenters. The van der Waals surface area contributed by atoms with Gasteiger partial charge in [0.15, 0.2) is 5.11 Å². The number of benzene rings is 2. The fourth-order valence-corrected chi connectivity index (χ4v) is 5.72. The van der Waals surface area contributed by atoms with E-state index in [1.807, 2.05) is 20.8 Å². The molecule has 14 heteroatoms. The SMILES string of the molecule is CC(C)(C)OC(=O)N1CCN(CCOc2ccc(N3C(=S)N(c4ccc(C#N)c(C(F)(F)F)c4)C(=O)C3(C)C)cc2Cl)CC1. The largest absolute Gasteiger partial charge is 0.491 e. The number of amides is 2. The quantitative estimate of drug-likeness (QED) is 0.348. The maximum absolute atomic E-state index is 13.6. The average molecular weight is 652 g/mol. The molecule has 0 saturated carbocycles. The van der Waals surface area contributed by atoms with Crippen LogP contribution in [0.2, 0.25) is 5.02 Å². The number of halogens is 4. The summed E-state index contributed by atoms with van der Waals surface area (Å²) in [5.41, 5.74) is -3.15. The van der Waals surface area contributed by atoms with Crippen molar-refractivity contribution in [3.63, 3.8) is 0 Å². The van der Waals surface area contributed by atoms with E-state index in [2.05, 4.69) is 4.90 Å². The van der Waals surface area contributed by atoms with Crippen molar-refractivity contribution < 1.29 is 32.2 Å². The number of piperazine rings is 1. The second-order valence-corrected chi connectivity index (χ2v) is 12.7. The van der Waals surface area contributed by atoms with E-state index in [1.54, 1.807) is 36.9 Å². The summed E-state index contributed by atoms with van der Waals surface area (Å²) in [5, 5.41) is 9.37. The number of carbonyl (C=O) groups is 2. The summed E-state index contributed by atoms with van der Waals surface area (Å²) in [6, 6.07) is 9.48. The fourth-order valence-electron chi connectivity index (χ4n) is 4.97. The first-order valence-corrected chi connectivity index (χ1v) is 14.7. The maximum Gasteiger partial charge on any atom is 0.417 e. The molecule has 44 heavy (non-hydrogen) atoms. The summed E-state index contributed by atoms with van der Waals surface area (Å²) in [6.07, 6.45) is -5.12. The van der Waals surface area contributed by atoms with E-state index in [1.165, 1.54) is 17.0 Å². The Morgan fingerprint density at radius 2 is 1.70 bits per heavy atom. The van der Waals surface area contributed by atoms with E-state index < -0.39 is 34.4 Å². The van der Waals surface area contributed by atoms with Gasteiger partial charge in [-0.1, -0.05) is 11.6 Å². The van der Waals surface area contributed by atoms with Gasteiger partial charge >= 0.3 is 12.3 Å². The number of nitriles is 1. The van der Waals surface area contributed by atoms with Crippen LogP contribution < -0.4 is 14.5 Å². The summed E-state index contributed by atoms with van der Waals surface area (Å²) >= 11 is 12.1. The van der Waals surface area contributed by atoms with E-state index in [-0.39, 0.29) is 21.9 Å². The van der Waals surface area contributed by atoms with E-state index in [9.17, 15) is 22.8 Å². The van der Waals surface area contributed by atoms with Gasteiger partial charge in [-0.25, -0.2) is 4.79 Å². The highest BCUT2D eigenvalue weighted by Gasteiger charge is 2.51. The van der Waals surface area contributed by atoms with Crippen LogP contribution in [-0.4, -0.2) is 77.4 Å². The van der Waals surface area contributed by atoms with Crippen LogP contribution in [0.3, 0.4) is 0 Å². The van der Waals surface area contributed by atoms with E-state index in [0.717, 1.165) is 17.0 Å². The lowest BCUT2D eigenvalue weighted by molar-refractivity contribution is -0.137. The zero-order chi connectivity index (χ0) is 32.6. The summed E-state index contributed by atoms with van der Waals surface area (Å²) in [5.74, 6) is -0.126. The Morgan fingerprint density at radius 1 is 1.07 bits per heavy atom. The topological polar surface area (TPSA) is 89.3 Å². The number of carbonyl (C=O) groups excluding carboxylic acids is 2. The second kappa shape index (κ2) is 12.4. The van der Waals surface area contributed by atoms with Crippen molar-refractivity contribution in [2.24, 2.45) is 0 Å². The number of hydrogen-bond acceptors (Lipinski definition) is 7. The van der Waals surface area contributed by atoms with Crippen molar-refractivity contribution in [2.75, 3.05) is 49.1 Å². The molecule has 2 aliphatic rings. The highest BCUT2D eigenvalue weighted by molar-refractivity contribution is 7.81. The molecule has 0 N–H and O–H groups in total. The highest BCUT2D eigenvalue weighted by atomic mass is 35.5. The van der Waals surface area contributed by atoms with Crippen LogP contribution in [0, 0.1) is 11.3 Å². The first kappa shape index (κ1) is 33.3. The predicted molar refractivity (Wildman–Crippen MR) is 164 cm³/mol. The van der Waals surface area contributed by atoms with Gasteiger partial charge in [0.2, 0.25) is 0 Å². The lowest BCUT2D eigenvalue weighted by atomic mass is 10.0. The van der Waals surface area contributed by atoms with Gasteiger partial charge in [0.1, 0.15) is 23.5 Å². The Morgan fingerprint density at radius 3 is 2.27 bits per heavy atom. The smallest absolute Gasteiger partial charge is 0.417 e. The third-order valence-corrected chi connectivity index (χ3v) is 7.88.